The molecule has 0 aliphatic carbocycles. The maximum absolute atomic E-state index is 11.5. The lowest BCUT2D eigenvalue weighted by atomic mass is 10.2. The molecule has 1 aromatic heterocycles. The number of nitrogens with zero attached hydrogens (tertiary/aromatic N) is 3. The minimum Gasteiger partial charge on any atom is -0.484 e. The van der Waals surface area contributed by atoms with Crippen molar-refractivity contribution in [2.75, 3.05) is 13.2 Å². The fraction of sp³-hybridized carbons (Fsp3) is 0.333. The number of H-pyrrole nitrogens is 1. The molecule has 0 atom stereocenters. The van der Waals surface area contributed by atoms with Gasteiger partial charge in [-0.3, -0.25) is 4.79 Å². The number of carbonyl (C=O) groups excluding carboxylic acids is 1. The topological polar surface area (TPSA) is 92.8 Å². The number of aromatic nitrogens is 4. The van der Waals surface area contributed by atoms with Gasteiger partial charge in [-0.25, -0.2) is 0 Å². The first-order chi connectivity index (χ1) is 9.24. The van der Waals surface area contributed by atoms with Gasteiger partial charge in [-0.1, -0.05) is 22.9 Å². The zero-order valence-corrected chi connectivity index (χ0v) is 10.6. The summed E-state index contributed by atoms with van der Waals surface area (Å²) >= 11 is 0. The van der Waals surface area contributed by atoms with E-state index in [1.54, 1.807) is 0 Å². The number of aryl methyl sites for hydroxylation is 1. The molecule has 0 aliphatic rings. The molecule has 1 amide bonds. The Kier molecular flexibility index (Phi) is 4.44. The summed E-state index contributed by atoms with van der Waals surface area (Å²) < 4.78 is 5.35. The van der Waals surface area contributed by atoms with Gasteiger partial charge in [0.25, 0.3) is 5.91 Å². The van der Waals surface area contributed by atoms with Crippen molar-refractivity contribution in [1.82, 2.24) is 25.9 Å². The van der Waals surface area contributed by atoms with Crippen LogP contribution in [0.1, 0.15) is 11.4 Å². The maximum atomic E-state index is 11.5. The molecule has 2 N–H and O–H groups in total. The molecule has 0 spiro atoms. The molecule has 1 heterocycles. The minimum absolute atomic E-state index is 0.00466. The standard InChI is InChI=1S/C12H15N5O2/c1-9-2-4-10(5-3-9)19-8-12(18)13-7-6-11-14-16-17-15-11/h2-5H,6-8H2,1H3,(H,13,18)(H,14,15,16,17). The van der Waals surface area contributed by atoms with E-state index >= 15 is 0 Å². The molecule has 0 saturated carbocycles. The van der Waals surface area contributed by atoms with E-state index < -0.39 is 0 Å². The quantitative estimate of drug-likeness (QED) is 0.777. The van der Waals surface area contributed by atoms with Crippen LogP contribution in [0.25, 0.3) is 0 Å². The van der Waals surface area contributed by atoms with Gasteiger partial charge < -0.3 is 10.1 Å². The lowest BCUT2D eigenvalue weighted by Gasteiger charge is -2.06. The first kappa shape index (κ1) is 13.0. The van der Waals surface area contributed by atoms with Crippen LogP contribution in [0.3, 0.4) is 0 Å². The third-order valence-electron chi connectivity index (χ3n) is 2.45. The van der Waals surface area contributed by atoms with Crippen molar-refractivity contribution in [3.63, 3.8) is 0 Å². The maximum Gasteiger partial charge on any atom is 0.257 e. The van der Waals surface area contributed by atoms with E-state index in [1.165, 1.54) is 0 Å². The fourth-order valence-electron chi connectivity index (χ4n) is 1.44. The molecule has 7 nitrogen and oxygen atoms in total. The van der Waals surface area contributed by atoms with E-state index in [2.05, 4.69) is 25.9 Å². The Labute approximate surface area is 110 Å². The molecule has 0 radical (unpaired) electrons. The molecule has 19 heavy (non-hydrogen) atoms. The van der Waals surface area contributed by atoms with Crippen LogP contribution >= 0.6 is 0 Å². The number of nitrogens with one attached hydrogen (secondary N) is 2. The lowest BCUT2D eigenvalue weighted by Crippen LogP contribution is -2.30. The number of benzene rings is 1. The van der Waals surface area contributed by atoms with Crippen molar-refractivity contribution < 1.29 is 9.53 Å². The van der Waals surface area contributed by atoms with Gasteiger partial charge in [0.05, 0.1) is 0 Å². The van der Waals surface area contributed by atoms with Crippen molar-refractivity contribution in [3.8, 4) is 5.75 Å². The largest absolute Gasteiger partial charge is 0.484 e. The second-order valence-corrected chi connectivity index (χ2v) is 4.03. The highest BCUT2D eigenvalue weighted by Crippen LogP contribution is 2.10. The van der Waals surface area contributed by atoms with Crippen molar-refractivity contribution in [2.45, 2.75) is 13.3 Å². The average Bonchev–Trinajstić information content (AvgIpc) is 2.91. The summed E-state index contributed by atoms with van der Waals surface area (Å²) in [6, 6.07) is 7.54. The number of amides is 1. The molecule has 1 aromatic carbocycles. The zero-order chi connectivity index (χ0) is 13.5. The van der Waals surface area contributed by atoms with Gasteiger partial charge in [-0.05, 0) is 19.1 Å². The van der Waals surface area contributed by atoms with Crippen LogP contribution < -0.4 is 10.1 Å². The Morgan fingerprint density at radius 3 is 2.84 bits per heavy atom. The summed E-state index contributed by atoms with van der Waals surface area (Å²) in [6.45, 7) is 2.44. The Hall–Kier alpha value is -2.44. The Morgan fingerprint density at radius 1 is 1.37 bits per heavy atom. The van der Waals surface area contributed by atoms with Gasteiger partial charge in [0.1, 0.15) is 5.75 Å². The van der Waals surface area contributed by atoms with Crippen LogP contribution in [0.4, 0.5) is 0 Å². The Balaban J connectivity index is 1.65. The molecular formula is C12H15N5O2. The number of rotatable bonds is 6. The normalized spacial score (nSPS) is 10.2. The summed E-state index contributed by atoms with van der Waals surface area (Å²) in [6.07, 6.45) is 0.534. The summed E-state index contributed by atoms with van der Waals surface area (Å²) in [5.41, 5.74) is 1.15. The van der Waals surface area contributed by atoms with Crippen molar-refractivity contribution >= 4 is 5.91 Å². The smallest absolute Gasteiger partial charge is 0.257 e. The molecule has 0 saturated heterocycles. The number of ether oxygens (including phenoxy) is 1. The van der Waals surface area contributed by atoms with Crippen LogP contribution in [0.5, 0.6) is 5.75 Å². The third-order valence-corrected chi connectivity index (χ3v) is 2.45. The van der Waals surface area contributed by atoms with E-state index in [9.17, 15) is 4.79 Å². The zero-order valence-electron chi connectivity index (χ0n) is 10.6. The third kappa shape index (κ3) is 4.38. The van der Waals surface area contributed by atoms with E-state index in [0.717, 1.165) is 5.56 Å². The molecule has 0 fully saturated rings. The van der Waals surface area contributed by atoms with Gasteiger partial charge >= 0.3 is 0 Å². The molecule has 100 valence electrons. The minimum atomic E-state index is -0.177. The first-order valence-corrected chi connectivity index (χ1v) is 5.92. The SMILES string of the molecule is Cc1ccc(OCC(=O)NCCc2nn[nH]n2)cc1. The summed E-state index contributed by atoms with van der Waals surface area (Å²) in [7, 11) is 0. The molecule has 2 aromatic rings. The highest BCUT2D eigenvalue weighted by molar-refractivity contribution is 5.77. The highest BCUT2D eigenvalue weighted by Gasteiger charge is 2.03. The summed E-state index contributed by atoms with van der Waals surface area (Å²) in [5, 5.41) is 16.1. The van der Waals surface area contributed by atoms with Crippen molar-refractivity contribution in [2.24, 2.45) is 0 Å². The van der Waals surface area contributed by atoms with E-state index in [1.807, 2.05) is 31.2 Å². The van der Waals surface area contributed by atoms with Gasteiger partial charge in [-0.15, -0.1) is 10.2 Å². The summed E-state index contributed by atoms with van der Waals surface area (Å²) in [4.78, 5) is 11.5. The summed E-state index contributed by atoms with van der Waals surface area (Å²) in [5.74, 6) is 1.07. The van der Waals surface area contributed by atoms with Crippen LogP contribution in [0, 0.1) is 6.92 Å². The predicted octanol–water partition coefficient (Wildman–Crippen LogP) is 0.246. The van der Waals surface area contributed by atoms with E-state index in [4.69, 9.17) is 4.74 Å². The van der Waals surface area contributed by atoms with Crippen molar-refractivity contribution in [1.29, 1.82) is 0 Å². The second kappa shape index (κ2) is 6.48. The highest BCUT2D eigenvalue weighted by atomic mass is 16.5. The number of aromatic amines is 1. The molecule has 0 bridgehead atoms. The van der Waals surface area contributed by atoms with Crippen LogP contribution in [-0.2, 0) is 11.2 Å². The number of hydrogen-bond acceptors (Lipinski definition) is 5. The van der Waals surface area contributed by atoms with Crippen LogP contribution in [0.2, 0.25) is 0 Å². The number of carbonyl (C=O) groups is 1. The van der Waals surface area contributed by atoms with Crippen molar-refractivity contribution in [3.05, 3.63) is 35.7 Å². The lowest BCUT2D eigenvalue weighted by molar-refractivity contribution is -0.123. The monoisotopic (exact) mass is 261 g/mol. The van der Waals surface area contributed by atoms with Gasteiger partial charge in [0.2, 0.25) is 0 Å². The number of tetrazole rings is 1. The number of hydrogen-bond donors (Lipinski definition) is 2. The first-order valence-electron chi connectivity index (χ1n) is 5.92. The van der Waals surface area contributed by atoms with Crippen LogP contribution in [-0.4, -0.2) is 39.7 Å². The second-order valence-electron chi connectivity index (χ2n) is 4.03. The molecular weight excluding hydrogens is 246 g/mol. The van der Waals surface area contributed by atoms with Gasteiger partial charge in [-0.2, -0.15) is 5.21 Å². The van der Waals surface area contributed by atoms with Gasteiger partial charge in [0.15, 0.2) is 12.4 Å². The predicted molar refractivity (Wildman–Crippen MR) is 67.6 cm³/mol. The average molecular weight is 261 g/mol. The molecule has 0 unspecified atom stereocenters. The Morgan fingerprint density at radius 2 is 2.16 bits per heavy atom. The molecule has 7 heteroatoms. The fourth-order valence-corrected chi connectivity index (χ4v) is 1.44. The van der Waals surface area contributed by atoms with Crippen LogP contribution in [0.15, 0.2) is 24.3 Å². The van der Waals surface area contributed by atoms with Gasteiger partial charge in [0, 0.05) is 13.0 Å². The van der Waals surface area contributed by atoms with E-state index in [0.29, 0.717) is 24.5 Å². The van der Waals surface area contributed by atoms with E-state index in [-0.39, 0.29) is 12.5 Å². The molecule has 2 rings (SSSR count). The Bertz CT molecular complexity index is 509. The molecule has 0 aliphatic heterocycles.